The van der Waals surface area contributed by atoms with Crippen LogP contribution in [-0.4, -0.2) is 71.6 Å². The van der Waals surface area contributed by atoms with Gasteiger partial charge >= 0.3 is 6.18 Å². The molecule has 0 aromatic heterocycles. The van der Waals surface area contributed by atoms with E-state index in [9.17, 15) is 28.2 Å². The SMILES string of the molecule is O=C(NC[C@@H]1O[C@@H](CO)[C@@H](O)[C@H]1N1CCCC1)c1ccc(C(F)(F)F)cc1. The number of carbonyl (C=O) groups is 1. The molecule has 2 saturated heterocycles. The molecule has 2 fully saturated rings. The molecule has 0 aliphatic carbocycles. The van der Waals surface area contributed by atoms with Gasteiger partial charge in [0.25, 0.3) is 5.91 Å². The van der Waals surface area contributed by atoms with Crippen LogP contribution in [0.2, 0.25) is 0 Å². The third kappa shape index (κ3) is 4.43. The van der Waals surface area contributed by atoms with Gasteiger partial charge in [-0.1, -0.05) is 0 Å². The number of nitrogens with zero attached hydrogens (tertiary/aromatic N) is 1. The summed E-state index contributed by atoms with van der Waals surface area (Å²) in [6.07, 6.45) is -4.52. The molecule has 3 rings (SSSR count). The summed E-state index contributed by atoms with van der Waals surface area (Å²) in [6, 6.07) is 3.63. The van der Waals surface area contributed by atoms with E-state index in [1.165, 1.54) is 0 Å². The van der Waals surface area contributed by atoms with Crippen LogP contribution in [0.25, 0.3) is 0 Å². The molecular formula is C18H23F3N2O4. The second kappa shape index (κ2) is 8.14. The molecule has 0 saturated carbocycles. The van der Waals surface area contributed by atoms with Gasteiger partial charge in [-0.2, -0.15) is 13.2 Å². The Kier molecular flexibility index (Phi) is 6.05. The van der Waals surface area contributed by atoms with Crippen LogP contribution in [0.5, 0.6) is 0 Å². The van der Waals surface area contributed by atoms with Crippen LogP contribution < -0.4 is 5.32 Å². The van der Waals surface area contributed by atoms with E-state index in [0.29, 0.717) is 0 Å². The van der Waals surface area contributed by atoms with Crippen molar-refractivity contribution in [3.63, 3.8) is 0 Å². The van der Waals surface area contributed by atoms with E-state index in [2.05, 4.69) is 10.2 Å². The number of aliphatic hydroxyl groups is 2. The Morgan fingerprint density at radius 3 is 2.37 bits per heavy atom. The van der Waals surface area contributed by atoms with Gasteiger partial charge in [-0.3, -0.25) is 9.69 Å². The van der Waals surface area contributed by atoms with Crippen molar-refractivity contribution in [1.82, 2.24) is 10.2 Å². The molecule has 27 heavy (non-hydrogen) atoms. The molecule has 150 valence electrons. The van der Waals surface area contributed by atoms with Crippen LogP contribution in [-0.2, 0) is 10.9 Å². The van der Waals surface area contributed by atoms with Gasteiger partial charge in [0.2, 0.25) is 0 Å². The Bertz CT molecular complexity index is 647. The molecule has 3 N–H and O–H groups in total. The van der Waals surface area contributed by atoms with E-state index in [4.69, 9.17) is 4.74 Å². The topological polar surface area (TPSA) is 82.0 Å². The fourth-order valence-corrected chi connectivity index (χ4v) is 3.74. The third-order valence-corrected chi connectivity index (χ3v) is 5.14. The number of likely N-dealkylation sites (tertiary alicyclic amines) is 1. The smallest absolute Gasteiger partial charge is 0.394 e. The van der Waals surface area contributed by atoms with Gasteiger partial charge < -0.3 is 20.3 Å². The molecular weight excluding hydrogens is 365 g/mol. The first-order chi connectivity index (χ1) is 12.8. The maximum absolute atomic E-state index is 12.6. The van der Waals surface area contributed by atoms with Crippen LogP contribution in [0.1, 0.15) is 28.8 Å². The van der Waals surface area contributed by atoms with Crippen LogP contribution in [0.15, 0.2) is 24.3 Å². The number of alkyl halides is 3. The molecule has 2 heterocycles. The van der Waals surface area contributed by atoms with Crippen molar-refractivity contribution >= 4 is 5.91 Å². The number of aliphatic hydroxyl groups excluding tert-OH is 2. The monoisotopic (exact) mass is 388 g/mol. The van der Waals surface area contributed by atoms with E-state index < -0.39 is 36.0 Å². The summed E-state index contributed by atoms with van der Waals surface area (Å²) in [7, 11) is 0. The lowest BCUT2D eigenvalue weighted by molar-refractivity contribution is -0.137. The van der Waals surface area contributed by atoms with Gasteiger partial charge in [-0.15, -0.1) is 0 Å². The molecule has 6 nitrogen and oxygen atoms in total. The number of hydrogen-bond donors (Lipinski definition) is 3. The minimum absolute atomic E-state index is 0.0918. The average molecular weight is 388 g/mol. The molecule has 0 bridgehead atoms. The van der Waals surface area contributed by atoms with E-state index in [1.54, 1.807) is 0 Å². The number of amides is 1. The largest absolute Gasteiger partial charge is 0.416 e. The molecule has 2 aliphatic heterocycles. The molecule has 0 unspecified atom stereocenters. The third-order valence-electron chi connectivity index (χ3n) is 5.14. The fourth-order valence-electron chi connectivity index (χ4n) is 3.74. The van der Waals surface area contributed by atoms with Crippen molar-refractivity contribution in [3.05, 3.63) is 35.4 Å². The minimum atomic E-state index is -4.45. The van der Waals surface area contributed by atoms with E-state index in [-0.39, 0.29) is 24.8 Å². The zero-order valence-electron chi connectivity index (χ0n) is 14.7. The Morgan fingerprint density at radius 1 is 1.19 bits per heavy atom. The lowest BCUT2D eigenvalue weighted by Gasteiger charge is -2.30. The lowest BCUT2D eigenvalue weighted by atomic mass is 10.0. The number of halogens is 3. The quantitative estimate of drug-likeness (QED) is 0.702. The highest BCUT2D eigenvalue weighted by atomic mass is 19.4. The van der Waals surface area contributed by atoms with Crippen molar-refractivity contribution in [2.45, 2.75) is 43.4 Å². The predicted molar refractivity (Wildman–Crippen MR) is 90.1 cm³/mol. The van der Waals surface area contributed by atoms with Gasteiger partial charge in [-0.25, -0.2) is 0 Å². The standard InChI is InChI=1S/C18H23F3N2O4/c19-18(20,21)12-5-3-11(4-6-12)17(26)22-9-13-15(23-7-1-2-8-23)16(25)14(10-24)27-13/h3-6,13-16,24-25H,1-2,7-10H2,(H,22,26)/t13-,14-,15-,16+/m0/s1. The number of ether oxygens (including phenoxy) is 1. The van der Waals surface area contributed by atoms with Crippen LogP contribution in [0.3, 0.4) is 0 Å². The zero-order valence-corrected chi connectivity index (χ0v) is 14.7. The van der Waals surface area contributed by atoms with Crippen LogP contribution >= 0.6 is 0 Å². The Labute approximate surface area is 154 Å². The van der Waals surface area contributed by atoms with Crippen molar-refractivity contribution in [2.75, 3.05) is 26.2 Å². The van der Waals surface area contributed by atoms with E-state index >= 15 is 0 Å². The van der Waals surface area contributed by atoms with Crippen LogP contribution in [0.4, 0.5) is 13.2 Å². The van der Waals surface area contributed by atoms with Crippen LogP contribution in [0, 0.1) is 0 Å². The highest BCUT2D eigenvalue weighted by Gasteiger charge is 2.46. The van der Waals surface area contributed by atoms with Crippen molar-refractivity contribution < 1.29 is 32.9 Å². The summed E-state index contributed by atoms with van der Waals surface area (Å²) < 4.78 is 43.5. The molecule has 0 spiro atoms. The average Bonchev–Trinajstić information content (AvgIpc) is 3.26. The van der Waals surface area contributed by atoms with Gasteiger partial charge in [0.1, 0.15) is 12.2 Å². The number of carbonyl (C=O) groups excluding carboxylic acids is 1. The Balaban J connectivity index is 1.62. The molecule has 1 aromatic rings. The number of benzene rings is 1. The molecule has 4 atom stereocenters. The molecule has 9 heteroatoms. The minimum Gasteiger partial charge on any atom is -0.394 e. The first kappa shape index (κ1) is 20.1. The summed E-state index contributed by atoms with van der Waals surface area (Å²) in [6.45, 7) is 1.39. The summed E-state index contributed by atoms with van der Waals surface area (Å²) in [5.74, 6) is -0.519. The first-order valence-corrected chi connectivity index (χ1v) is 8.95. The second-order valence-electron chi connectivity index (χ2n) is 6.90. The van der Waals surface area contributed by atoms with Crippen molar-refractivity contribution in [3.8, 4) is 0 Å². The van der Waals surface area contributed by atoms with Crippen molar-refractivity contribution in [1.29, 1.82) is 0 Å². The van der Waals surface area contributed by atoms with Gasteiger partial charge in [0.15, 0.2) is 0 Å². The van der Waals surface area contributed by atoms with E-state index in [0.717, 1.165) is 50.2 Å². The maximum Gasteiger partial charge on any atom is 0.416 e. The molecule has 2 aliphatic rings. The van der Waals surface area contributed by atoms with E-state index in [1.807, 2.05) is 0 Å². The normalized spacial score (nSPS) is 29.2. The van der Waals surface area contributed by atoms with Gasteiger partial charge in [-0.05, 0) is 50.2 Å². The molecule has 0 radical (unpaired) electrons. The first-order valence-electron chi connectivity index (χ1n) is 8.95. The zero-order chi connectivity index (χ0) is 19.6. The Hall–Kier alpha value is -1.68. The highest BCUT2D eigenvalue weighted by Crippen LogP contribution is 2.30. The Morgan fingerprint density at radius 2 is 1.81 bits per heavy atom. The summed E-state index contributed by atoms with van der Waals surface area (Å²) in [4.78, 5) is 14.3. The lowest BCUT2D eigenvalue weighted by Crippen LogP contribution is -2.50. The highest BCUT2D eigenvalue weighted by molar-refractivity contribution is 5.94. The maximum atomic E-state index is 12.6. The molecule has 1 aromatic carbocycles. The van der Waals surface area contributed by atoms with Gasteiger partial charge in [0.05, 0.1) is 24.3 Å². The molecule has 1 amide bonds. The fraction of sp³-hybridized carbons (Fsp3) is 0.611. The summed E-state index contributed by atoms with van der Waals surface area (Å²) >= 11 is 0. The second-order valence-corrected chi connectivity index (χ2v) is 6.90. The number of nitrogens with one attached hydrogen (secondary N) is 1. The number of rotatable bonds is 5. The van der Waals surface area contributed by atoms with Crippen molar-refractivity contribution in [2.24, 2.45) is 0 Å². The number of hydrogen-bond acceptors (Lipinski definition) is 5. The van der Waals surface area contributed by atoms with Gasteiger partial charge in [0, 0.05) is 12.1 Å². The summed E-state index contributed by atoms with van der Waals surface area (Å²) in [5.41, 5.74) is -0.709. The summed E-state index contributed by atoms with van der Waals surface area (Å²) in [5, 5.41) is 22.5. The predicted octanol–water partition coefficient (Wildman–Crippen LogP) is 1.02.